The van der Waals surface area contributed by atoms with E-state index < -0.39 is 0 Å². The Morgan fingerprint density at radius 3 is 1.69 bits per heavy atom. The van der Waals surface area contributed by atoms with Crippen LogP contribution >= 0.6 is 0 Å². The Bertz CT molecular complexity index is 2660. The third-order valence-electron chi connectivity index (χ3n) is 8.64. The van der Waals surface area contributed by atoms with Gasteiger partial charge in [-0.3, -0.25) is 9.59 Å². The summed E-state index contributed by atoms with van der Waals surface area (Å²) < 4.78 is 2.11. The fourth-order valence-corrected chi connectivity index (χ4v) is 7.08. The molecule has 0 aliphatic carbocycles. The van der Waals surface area contributed by atoms with Gasteiger partial charge in [-0.1, -0.05) is 84.9 Å². The second-order valence-electron chi connectivity index (χ2n) is 10.5. The number of aryl methyl sites for hydroxylation is 1. The Kier molecular flexibility index (Phi) is 3.73. The zero-order valence-corrected chi connectivity index (χ0v) is 21.0. The molecule has 2 heterocycles. The second-order valence-corrected chi connectivity index (χ2v) is 10.5. The number of hydrogen-bond donors (Lipinski definition) is 1. The second kappa shape index (κ2) is 7.00. The van der Waals surface area contributed by atoms with Crippen molar-refractivity contribution < 1.29 is 0 Å². The van der Waals surface area contributed by atoms with Gasteiger partial charge in [0.25, 0.3) is 0 Å². The standard InChI is InChI=1S/C35H20N2O2/c1-37-25-17-9-7-15-23(25)27-19-11-3-4-12-20(19)34(38)30-29(27)33(37)31-28-26(18-10-2-5-13-21(18)35(31)39)22-14-6-8-16-24(22)36-32(28)30/h2-17,36H,1H3. The predicted molar refractivity (Wildman–Crippen MR) is 164 cm³/mol. The van der Waals surface area contributed by atoms with Gasteiger partial charge in [-0.2, -0.15) is 0 Å². The van der Waals surface area contributed by atoms with Crippen molar-refractivity contribution in [2.24, 2.45) is 7.05 Å². The first kappa shape index (κ1) is 20.8. The maximum atomic E-state index is 14.5. The minimum Gasteiger partial charge on any atom is -0.354 e. The maximum Gasteiger partial charge on any atom is 0.196 e. The molecule has 4 nitrogen and oxygen atoms in total. The Balaban J connectivity index is 1.83. The molecule has 4 heteroatoms. The van der Waals surface area contributed by atoms with Crippen molar-refractivity contribution in [2.45, 2.75) is 0 Å². The number of aromatic amines is 1. The molecule has 0 fully saturated rings. The van der Waals surface area contributed by atoms with Crippen LogP contribution in [0.25, 0.3) is 86.7 Å². The average molecular weight is 501 g/mol. The molecule has 0 spiro atoms. The highest BCUT2D eigenvalue weighted by Gasteiger charge is 2.25. The molecule has 0 bridgehead atoms. The Morgan fingerprint density at radius 1 is 0.487 bits per heavy atom. The highest BCUT2D eigenvalue weighted by Crippen LogP contribution is 2.45. The monoisotopic (exact) mass is 500 g/mol. The number of rotatable bonds is 0. The minimum atomic E-state index is -0.0197. The van der Waals surface area contributed by atoms with Gasteiger partial charge in [0.15, 0.2) is 10.9 Å². The number of fused-ring (bicyclic) bond motifs is 10. The Morgan fingerprint density at radius 2 is 1.00 bits per heavy atom. The van der Waals surface area contributed by atoms with Crippen LogP contribution < -0.4 is 10.9 Å². The molecule has 0 unspecified atom stereocenters. The number of nitrogens with zero attached hydrogens (tertiary/aromatic N) is 1. The summed E-state index contributed by atoms with van der Waals surface area (Å²) in [5.41, 5.74) is 3.45. The van der Waals surface area contributed by atoms with Crippen LogP contribution in [0, 0.1) is 0 Å². The van der Waals surface area contributed by atoms with Crippen LogP contribution in [0.2, 0.25) is 0 Å². The van der Waals surface area contributed by atoms with E-state index in [4.69, 9.17) is 0 Å². The molecule has 0 saturated carbocycles. The van der Waals surface area contributed by atoms with E-state index >= 15 is 0 Å². The van der Waals surface area contributed by atoms with Crippen LogP contribution in [0.1, 0.15) is 0 Å². The van der Waals surface area contributed by atoms with Crippen molar-refractivity contribution in [3.05, 3.63) is 118 Å². The largest absolute Gasteiger partial charge is 0.354 e. The molecule has 0 radical (unpaired) electrons. The van der Waals surface area contributed by atoms with Gasteiger partial charge in [-0.25, -0.2) is 0 Å². The van der Waals surface area contributed by atoms with Crippen molar-refractivity contribution in [3.63, 3.8) is 0 Å². The number of benzene rings is 7. The zero-order valence-electron chi connectivity index (χ0n) is 21.0. The van der Waals surface area contributed by atoms with Crippen LogP contribution in [0.15, 0.2) is 107 Å². The molecular weight excluding hydrogens is 480 g/mol. The molecular formula is C35H20N2O2. The van der Waals surface area contributed by atoms with Gasteiger partial charge < -0.3 is 9.55 Å². The smallest absolute Gasteiger partial charge is 0.196 e. The number of para-hydroxylation sites is 2. The lowest BCUT2D eigenvalue weighted by Crippen LogP contribution is -2.13. The molecule has 39 heavy (non-hydrogen) atoms. The summed E-state index contributed by atoms with van der Waals surface area (Å²) in [4.78, 5) is 32.5. The first-order chi connectivity index (χ1) is 19.1. The summed E-state index contributed by atoms with van der Waals surface area (Å²) in [5, 5.41) is 10.3. The van der Waals surface area contributed by atoms with E-state index in [0.717, 1.165) is 65.2 Å². The summed E-state index contributed by atoms with van der Waals surface area (Å²) in [6.07, 6.45) is 0. The molecule has 182 valence electrons. The lowest BCUT2D eigenvalue weighted by molar-refractivity contribution is 1.01. The fourth-order valence-electron chi connectivity index (χ4n) is 7.08. The topological polar surface area (TPSA) is 54.9 Å². The van der Waals surface area contributed by atoms with Crippen molar-refractivity contribution >= 4 is 86.7 Å². The number of hydrogen-bond acceptors (Lipinski definition) is 2. The molecule has 0 aliphatic rings. The molecule has 9 aromatic rings. The Hall–Kier alpha value is -5.22. The summed E-state index contributed by atoms with van der Waals surface area (Å²) >= 11 is 0. The van der Waals surface area contributed by atoms with Gasteiger partial charge in [0, 0.05) is 61.2 Å². The molecule has 1 N–H and O–H groups in total. The Labute approximate surface area is 220 Å². The molecule has 0 atom stereocenters. The molecule has 9 rings (SSSR count). The van der Waals surface area contributed by atoms with Crippen LogP contribution in [0.4, 0.5) is 0 Å². The number of H-pyrrole nitrogens is 1. The molecule has 0 saturated heterocycles. The van der Waals surface area contributed by atoms with E-state index in [1.165, 1.54) is 0 Å². The van der Waals surface area contributed by atoms with Gasteiger partial charge in [0.1, 0.15) is 0 Å². The van der Waals surface area contributed by atoms with E-state index in [9.17, 15) is 9.59 Å². The van der Waals surface area contributed by atoms with Gasteiger partial charge in [0.2, 0.25) is 0 Å². The SMILES string of the molecule is Cn1c2ccccc2c2c3ccccc3c(=O)c3c4[nH]c5ccccc5c5c6ccccc6c(=O)c(c45)c1c32. The van der Waals surface area contributed by atoms with Crippen LogP contribution in [0.3, 0.4) is 0 Å². The lowest BCUT2D eigenvalue weighted by Gasteiger charge is -2.22. The molecule has 0 amide bonds. The fraction of sp³-hybridized carbons (Fsp3) is 0.0286. The van der Waals surface area contributed by atoms with Crippen molar-refractivity contribution in [1.29, 1.82) is 0 Å². The maximum absolute atomic E-state index is 14.5. The number of nitrogens with one attached hydrogen (secondary N) is 1. The summed E-state index contributed by atoms with van der Waals surface area (Å²) in [6, 6.07) is 32.1. The predicted octanol–water partition coefficient (Wildman–Crippen LogP) is 7.74. The normalized spacial score (nSPS) is 12.4. The highest BCUT2D eigenvalue weighted by atomic mass is 16.1. The van der Waals surface area contributed by atoms with E-state index in [1.807, 2.05) is 85.9 Å². The average Bonchev–Trinajstić information content (AvgIpc) is 2.98. The number of aromatic nitrogens is 2. The quantitative estimate of drug-likeness (QED) is 0.171. The summed E-state index contributed by atoms with van der Waals surface area (Å²) in [5.74, 6) is 0. The van der Waals surface area contributed by atoms with E-state index in [2.05, 4.69) is 27.8 Å². The van der Waals surface area contributed by atoms with Crippen molar-refractivity contribution in [1.82, 2.24) is 9.55 Å². The van der Waals surface area contributed by atoms with Gasteiger partial charge in [0.05, 0.1) is 21.8 Å². The first-order valence-corrected chi connectivity index (χ1v) is 13.1. The van der Waals surface area contributed by atoms with E-state index in [-0.39, 0.29) is 10.9 Å². The van der Waals surface area contributed by atoms with Crippen LogP contribution in [-0.4, -0.2) is 9.55 Å². The lowest BCUT2D eigenvalue weighted by atomic mass is 9.87. The zero-order chi connectivity index (χ0) is 26.0. The van der Waals surface area contributed by atoms with Gasteiger partial charge >= 0.3 is 0 Å². The molecule has 7 aromatic carbocycles. The van der Waals surface area contributed by atoms with Crippen molar-refractivity contribution in [3.8, 4) is 0 Å². The minimum absolute atomic E-state index is 0.0125. The van der Waals surface area contributed by atoms with Crippen LogP contribution in [-0.2, 0) is 7.05 Å². The van der Waals surface area contributed by atoms with E-state index in [0.29, 0.717) is 21.5 Å². The number of pyridine rings is 2. The highest BCUT2D eigenvalue weighted by molar-refractivity contribution is 6.42. The summed E-state index contributed by atoms with van der Waals surface area (Å²) in [6.45, 7) is 0. The van der Waals surface area contributed by atoms with Gasteiger partial charge in [-0.15, -0.1) is 0 Å². The van der Waals surface area contributed by atoms with Crippen molar-refractivity contribution in [2.75, 3.05) is 0 Å². The van der Waals surface area contributed by atoms with Crippen LogP contribution in [0.5, 0.6) is 0 Å². The first-order valence-electron chi connectivity index (χ1n) is 13.1. The third-order valence-corrected chi connectivity index (χ3v) is 8.64. The molecule has 0 aliphatic heterocycles. The van der Waals surface area contributed by atoms with Gasteiger partial charge in [-0.05, 0) is 22.9 Å². The third kappa shape index (κ3) is 2.36. The summed E-state index contributed by atoms with van der Waals surface area (Å²) in [7, 11) is 2.01. The molecule has 2 aromatic heterocycles. The van der Waals surface area contributed by atoms with E-state index in [1.54, 1.807) is 0 Å².